The maximum absolute atomic E-state index is 7.31. The molecule has 7 heteroatoms. The van der Waals surface area contributed by atoms with E-state index in [0.717, 1.165) is 12.1 Å². The van der Waals surface area contributed by atoms with E-state index >= 15 is 0 Å². The van der Waals surface area contributed by atoms with Gasteiger partial charge in [0.05, 0.1) is 33.5 Å². The highest BCUT2D eigenvalue weighted by molar-refractivity contribution is 5.55. The standard InChI is InChI=1S/C14H18N4O3/c1-19-10-5-8(6-11(20-2)12(10)21-3)4-9-7-17-14(16)18-13(9)15/h5-7H,4H2,1-3H3,(H4,15,16,17,18)/i1D3,2D3,3D3. The van der Waals surface area contributed by atoms with Crippen molar-refractivity contribution in [3.8, 4) is 17.2 Å². The molecule has 1 heterocycles. The van der Waals surface area contributed by atoms with Gasteiger partial charge in [-0.1, -0.05) is 0 Å². The first-order valence-electron chi connectivity index (χ1n) is 10.1. The number of anilines is 2. The van der Waals surface area contributed by atoms with Crippen molar-refractivity contribution in [2.75, 3.05) is 32.6 Å². The quantitative estimate of drug-likeness (QED) is 0.856. The molecular formula is C14H18N4O3. The molecule has 0 aliphatic carbocycles. The molecule has 0 unspecified atom stereocenters. The topological polar surface area (TPSA) is 106 Å². The summed E-state index contributed by atoms with van der Waals surface area (Å²) in [5.74, 6) is -1.83. The number of aromatic nitrogens is 2. The molecule has 0 fully saturated rings. The molecule has 7 nitrogen and oxygen atoms in total. The Kier molecular flexibility index (Phi) is 2.01. The largest absolute Gasteiger partial charge is 0.493 e. The number of nitrogens with two attached hydrogens (primary N) is 2. The van der Waals surface area contributed by atoms with Crippen LogP contribution >= 0.6 is 0 Å². The van der Waals surface area contributed by atoms with Gasteiger partial charge >= 0.3 is 0 Å². The van der Waals surface area contributed by atoms with Crippen LogP contribution in [0.1, 0.15) is 23.5 Å². The van der Waals surface area contributed by atoms with E-state index in [4.69, 9.17) is 38.0 Å². The lowest BCUT2D eigenvalue weighted by atomic mass is 10.1. The van der Waals surface area contributed by atoms with Crippen molar-refractivity contribution in [1.29, 1.82) is 0 Å². The summed E-state index contributed by atoms with van der Waals surface area (Å²) in [6.45, 7) is 0. The second-order valence-corrected chi connectivity index (χ2v) is 4.04. The molecule has 1 aromatic carbocycles. The molecule has 112 valence electrons. The van der Waals surface area contributed by atoms with E-state index in [-0.39, 0.29) is 23.8 Å². The number of hydrogen-bond donors (Lipinski definition) is 2. The van der Waals surface area contributed by atoms with Gasteiger partial charge in [-0.3, -0.25) is 0 Å². The van der Waals surface area contributed by atoms with Crippen LogP contribution < -0.4 is 25.7 Å². The molecule has 4 N–H and O–H groups in total. The fourth-order valence-electron chi connectivity index (χ4n) is 1.78. The highest BCUT2D eigenvalue weighted by Crippen LogP contribution is 2.38. The molecular weight excluding hydrogens is 272 g/mol. The van der Waals surface area contributed by atoms with E-state index in [1.165, 1.54) is 6.20 Å². The van der Waals surface area contributed by atoms with Crippen LogP contribution in [0.2, 0.25) is 0 Å². The lowest BCUT2D eigenvalue weighted by Gasteiger charge is -2.14. The number of nitrogen functional groups attached to an aromatic ring is 2. The number of hydrogen-bond acceptors (Lipinski definition) is 7. The highest BCUT2D eigenvalue weighted by atomic mass is 16.5. The van der Waals surface area contributed by atoms with Gasteiger partial charge in [0.1, 0.15) is 5.82 Å². The Bertz CT molecular complexity index is 876. The van der Waals surface area contributed by atoms with Crippen LogP contribution in [0, 0.1) is 0 Å². The minimum absolute atomic E-state index is 0.00508. The SMILES string of the molecule is [2H]C([2H])([2H])Oc1cc(Cc2cnc(N)nc2N)cc(OC([2H])([2H])[2H])c1OC([2H])([2H])[2H]. The molecule has 0 spiro atoms. The Morgan fingerprint density at radius 1 is 1.10 bits per heavy atom. The van der Waals surface area contributed by atoms with Gasteiger partial charge in [-0.15, -0.1) is 0 Å². The number of ether oxygens (including phenoxy) is 3. The number of rotatable bonds is 5. The van der Waals surface area contributed by atoms with Crippen LogP contribution in [0.3, 0.4) is 0 Å². The summed E-state index contributed by atoms with van der Waals surface area (Å²) in [7, 11) is -9.03. The summed E-state index contributed by atoms with van der Waals surface area (Å²) < 4.78 is 80.1. The van der Waals surface area contributed by atoms with Gasteiger partial charge in [0.15, 0.2) is 11.5 Å². The van der Waals surface area contributed by atoms with Crippen molar-refractivity contribution in [1.82, 2.24) is 9.97 Å². The maximum Gasteiger partial charge on any atom is 0.221 e. The first-order valence-corrected chi connectivity index (χ1v) is 5.63. The highest BCUT2D eigenvalue weighted by Gasteiger charge is 2.14. The fourth-order valence-corrected chi connectivity index (χ4v) is 1.78. The molecule has 0 aliphatic heterocycles. The number of nitrogens with zero attached hydrogens (tertiary/aromatic N) is 2. The average molecular weight is 299 g/mol. The molecule has 0 saturated carbocycles. The predicted octanol–water partition coefficient (Wildman–Crippen LogP) is 1.26. The van der Waals surface area contributed by atoms with Crippen LogP contribution in [0.4, 0.5) is 11.8 Å². The molecule has 0 bridgehead atoms. The molecule has 0 aliphatic rings. The lowest BCUT2D eigenvalue weighted by Crippen LogP contribution is -2.04. The zero-order valence-corrected chi connectivity index (χ0v) is 10.7. The van der Waals surface area contributed by atoms with Crippen molar-refractivity contribution in [2.45, 2.75) is 6.42 Å². The summed E-state index contributed by atoms with van der Waals surface area (Å²) in [6.07, 6.45) is 1.33. The van der Waals surface area contributed by atoms with Crippen molar-refractivity contribution in [2.24, 2.45) is 0 Å². The zero-order chi connectivity index (χ0) is 22.9. The third-order valence-corrected chi connectivity index (χ3v) is 2.71. The smallest absolute Gasteiger partial charge is 0.221 e. The Labute approximate surface area is 135 Å². The average Bonchev–Trinajstić information content (AvgIpc) is 2.49. The molecule has 0 radical (unpaired) electrons. The van der Waals surface area contributed by atoms with Crippen LogP contribution in [-0.4, -0.2) is 31.1 Å². The molecule has 0 saturated heterocycles. The number of methoxy groups -OCH3 is 3. The summed E-state index contributed by atoms with van der Waals surface area (Å²) in [5, 5.41) is 0. The molecule has 0 amide bonds. The minimum Gasteiger partial charge on any atom is -0.493 e. The Morgan fingerprint density at radius 2 is 1.76 bits per heavy atom. The van der Waals surface area contributed by atoms with Crippen molar-refractivity contribution >= 4 is 11.8 Å². The predicted molar refractivity (Wildman–Crippen MR) is 79.8 cm³/mol. The summed E-state index contributed by atoms with van der Waals surface area (Å²) >= 11 is 0. The zero-order valence-electron chi connectivity index (χ0n) is 19.7. The van der Waals surface area contributed by atoms with Gasteiger partial charge in [-0.05, 0) is 17.7 Å². The molecule has 21 heavy (non-hydrogen) atoms. The van der Waals surface area contributed by atoms with E-state index in [0.29, 0.717) is 5.56 Å². The molecule has 2 rings (SSSR count). The monoisotopic (exact) mass is 299 g/mol. The van der Waals surface area contributed by atoms with E-state index < -0.39 is 38.4 Å². The van der Waals surface area contributed by atoms with E-state index in [1.807, 2.05) is 0 Å². The normalized spacial score (nSPS) is 18.4. The van der Waals surface area contributed by atoms with Gasteiger partial charge in [0.25, 0.3) is 0 Å². The van der Waals surface area contributed by atoms with Crippen LogP contribution in [-0.2, 0) is 6.42 Å². The third-order valence-electron chi connectivity index (χ3n) is 2.71. The summed E-state index contributed by atoms with van der Waals surface area (Å²) in [6, 6.07) is 2.32. The molecule has 1 aromatic heterocycles. The van der Waals surface area contributed by atoms with E-state index in [2.05, 4.69) is 9.97 Å². The fraction of sp³-hybridized carbons (Fsp3) is 0.286. The molecule has 2 aromatic rings. The Hall–Kier alpha value is -2.70. The second kappa shape index (κ2) is 6.17. The van der Waals surface area contributed by atoms with Gasteiger partial charge in [0.2, 0.25) is 11.7 Å². The Morgan fingerprint density at radius 3 is 2.33 bits per heavy atom. The van der Waals surface area contributed by atoms with E-state index in [1.54, 1.807) is 0 Å². The maximum atomic E-state index is 7.31. The lowest BCUT2D eigenvalue weighted by molar-refractivity contribution is 0.324. The first-order chi connectivity index (χ1) is 13.5. The van der Waals surface area contributed by atoms with Crippen LogP contribution in [0.15, 0.2) is 18.3 Å². The first kappa shape index (κ1) is 6.84. The van der Waals surface area contributed by atoms with Crippen molar-refractivity contribution in [3.63, 3.8) is 0 Å². The van der Waals surface area contributed by atoms with Gasteiger partial charge in [-0.2, -0.15) is 4.98 Å². The van der Waals surface area contributed by atoms with Crippen molar-refractivity contribution < 1.29 is 26.5 Å². The van der Waals surface area contributed by atoms with Gasteiger partial charge in [0, 0.05) is 18.2 Å². The summed E-state index contributed by atoms with van der Waals surface area (Å²) in [5.41, 5.74) is 11.9. The van der Waals surface area contributed by atoms with Crippen LogP contribution in [0.25, 0.3) is 0 Å². The number of benzene rings is 1. The van der Waals surface area contributed by atoms with Gasteiger partial charge in [-0.25, -0.2) is 4.98 Å². The van der Waals surface area contributed by atoms with Crippen molar-refractivity contribution in [3.05, 3.63) is 29.5 Å². The minimum atomic E-state index is -3.05. The Balaban J connectivity index is 2.62. The third kappa shape index (κ3) is 3.07. The molecule has 0 atom stereocenters. The van der Waals surface area contributed by atoms with Crippen LogP contribution in [0.5, 0.6) is 17.2 Å². The van der Waals surface area contributed by atoms with Gasteiger partial charge < -0.3 is 25.7 Å². The summed E-state index contributed by atoms with van der Waals surface area (Å²) in [4.78, 5) is 7.61. The second-order valence-electron chi connectivity index (χ2n) is 4.04. The van der Waals surface area contributed by atoms with E-state index in [9.17, 15) is 0 Å².